The lowest BCUT2D eigenvalue weighted by Gasteiger charge is -2.26. The molecule has 0 saturated carbocycles. The molecule has 0 aromatic rings. The van der Waals surface area contributed by atoms with Gasteiger partial charge in [0.15, 0.2) is 0 Å². The van der Waals surface area contributed by atoms with Crippen molar-refractivity contribution in [2.24, 2.45) is 11.3 Å². The van der Waals surface area contributed by atoms with Gasteiger partial charge in [0.1, 0.15) is 0 Å². The largest absolute Gasteiger partial charge is 0.292 e. The van der Waals surface area contributed by atoms with Gasteiger partial charge in [-0.05, 0) is 6.92 Å². The second kappa shape index (κ2) is 2.13. The van der Waals surface area contributed by atoms with Gasteiger partial charge in [0.05, 0.1) is 0 Å². The average Bonchev–Trinajstić information content (AvgIpc) is 1.79. The maximum Gasteiger partial charge on any atom is 0.0280 e. The van der Waals surface area contributed by atoms with Crippen LogP contribution in [0.2, 0.25) is 0 Å². The third kappa shape index (κ3) is 1.39. The van der Waals surface area contributed by atoms with Gasteiger partial charge in [0.25, 0.3) is 0 Å². The Kier molecular flexibility index (Phi) is 1.57. The zero-order valence-corrected chi connectivity index (χ0v) is 6.76. The van der Waals surface area contributed by atoms with E-state index in [0.29, 0.717) is 0 Å². The highest BCUT2D eigenvalue weighted by molar-refractivity contribution is 5.17. The Balaban J connectivity index is 2.85. The first kappa shape index (κ1) is 7.35. The van der Waals surface area contributed by atoms with Crippen LogP contribution < -0.4 is 5.84 Å². The standard InChI is InChI=1S/C8H14N2/c1-7-6-8(2,3)4-5-10(7)9/h4-6H,9H2,1-3H3. The summed E-state index contributed by atoms with van der Waals surface area (Å²) in [7, 11) is 0. The van der Waals surface area contributed by atoms with E-state index in [9.17, 15) is 0 Å². The Hall–Kier alpha value is -0.760. The highest BCUT2D eigenvalue weighted by atomic mass is 15.4. The van der Waals surface area contributed by atoms with E-state index in [4.69, 9.17) is 5.84 Å². The van der Waals surface area contributed by atoms with Crippen LogP contribution in [0.25, 0.3) is 0 Å². The van der Waals surface area contributed by atoms with Crippen LogP contribution in [0.3, 0.4) is 0 Å². The predicted molar refractivity (Wildman–Crippen MR) is 42.7 cm³/mol. The minimum absolute atomic E-state index is 0.167. The van der Waals surface area contributed by atoms with Crippen molar-refractivity contribution < 1.29 is 0 Å². The molecule has 1 rings (SSSR count). The molecule has 0 aromatic carbocycles. The summed E-state index contributed by atoms with van der Waals surface area (Å²) in [5.41, 5.74) is 1.27. The topological polar surface area (TPSA) is 29.3 Å². The summed E-state index contributed by atoms with van der Waals surface area (Å²) < 4.78 is 0. The maximum atomic E-state index is 5.58. The van der Waals surface area contributed by atoms with Crippen LogP contribution >= 0.6 is 0 Å². The number of allylic oxidation sites excluding steroid dienone is 3. The van der Waals surface area contributed by atoms with E-state index >= 15 is 0 Å². The predicted octanol–water partition coefficient (Wildman–Crippen LogP) is 1.62. The van der Waals surface area contributed by atoms with E-state index in [1.165, 1.54) is 0 Å². The van der Waals surface area contributed by atoms with E-state index in [0.717, 1.165) is 5.70 Å². The van der Waals surface area contributed by atoms with Crippen LogP contribution in [0.4, 0.5) is 0 Å². The first-order valence-electron chi connectivity index (χ1n) is 3.44. The molecule has 1 aliphatic rings. The van der Waals surface area contributed by atoms with Crippen LogP contribution in [0.1, 0.15) is 20.8 Å². The molecule has 0 spiro atoms. The Morgan fingerprint density at radius 1 is 1.50 bits per heavy atom. The van der Waals surface area contributed by atoms with Crippen molar-refractivity contribution in [1.82, 2.24) is 5.01 Å². The molecule has 0 radical (unpaired) electrons. The molecule has 0 atom stereocenters. The third-order valence-electron chi connectivity index (χ3n) is 1.65. The Morgan fingerprint density at radius 2 is 2.10 bits per heavy atom. The van der Waals surface area contributed by atoms with Crippen LogP contribution in [0.5, 0.6) is 0 Å². The fraction of sp³-hybridized carbons (Fsp3) is 0.500. The van der Waals surface area contributed by atoms with Crippen molar-refractivity contribution in [3.05, 3.63) is 24.0 Å². The molecule has 1 heterocycles. The molecule has 0 amide bonds. The van der Waals surface area contributed by atoms with Gasteiger partial charge in [-0.3, -0.25) is 5.01 Å². The van der Waals surface area contributed by atoms with Crippen molar-refractivity contribution in [3.63, 3.8) is 0 Å². The number of hydrogen-bond acceptors (Lipinski definition) is 2. The zero-order valence-electron chi connectivity index (χ0n) is 6.76. The smallest absolute Gasteiger partial charge is 0.0280 e. The van der Waals surface area contributed by atoms with Crippen LogP contribution in [-0.4, -0.2) is 5.01 Å². The normalized spacial score (nSPS) is 22.8. The molecule has 56 valence electrons. The van der Waals surface area contributed by atoms with Gasteiger partial charge in [-0.1, -0.05) is 26.0 Å². The molecule has 1 aliphatic heterocycles. The Bertz CT molecular complexity index is 189. The van der Waals surface area contributed by atoms with E-state index < -0.39 is 0 Å². The molecule has 0 aromatic heterocycles. The molecule has 0 fully saturated rings. The molecule has 0 bridgehead atoms. The van der Waals surface area contributed by atoms with Crippen molar-refractivity contribution in [3.8, 4) is 0 Å². The first-order valence-corrected chi connectivity index (χ1v) is 3.44. The van der Waals surface area contributed by atoms with Crippen molar-refractivity contribution in [2.45, 2.75) is 20.8 Å². The Morgan fingerprint density at radius 3 is 2.50 bits per heavy atom. The first-order chi connectivity index (χ1) is 4.51. The molecule has 0 aliphatic carbocycles. The highest BCUT2D eigenvalue weighted by Crippen LogP contribution is 2.25. The molecular formula is C8H14N2. The molecule has 10 heavy (non-hydrogen) atoms. The quantitative estimate of drug-likeness (QED) is 0.515. The number of nitrogens with zero attached hydrogens (tertiary/aromatic N) is 1. The lowest BCUT2D eigenvalue weighted by Crippen LogP contribution is -2.27. The summed E-state index contributed by atoms with van der Waals surface area (Å²) in [6, 6.07) is 0. The second-order valence-electron chi connectivity index (χ2n) is 3.33. The molecule has 0 saturated heterocycles. The van der Waals surface area contributed by atoms with E-state index in [1.54, 1.807) is 5.01 Å². The van der Waals surface area contributed by atoms with Crippen LogP contribution in [0.15, 0.2) is 24.0 Å². The van der Waals surface area contributed by atoms with Gasteiger partial charge in [0.2, 0.25) is 0 Å². The minimum Gasteiger partial charge on any atom is -0.292 e. The monoisotopic (exact) mass is 138 g/mol. The van der Waals surface area contributed by atoms with Gasteiger partial charge >= 0.3 is 0 Å². The minimum atomic E-state index is 0.167. The second-order valence-corrected chi connectivity index (χ2v) is 3.33. The van der Waals surface area contributed by atoms with Crippen molar-refractivity contribution in [2.75, 3.05) is 0 Å². The van der Waals surface area contributed by atoms with Crippen molar-refractivity contribution in [1.29, 1.82) is 0 Å². The van der Waals surface area contributed by atoms with Gasteiger partial charge < -0.3 is 0 Å². The molecule has 2 nitrogen and oxygen atoms in total. The number of nitrogens with two attached hydrogens (primary N) is 1. The van der Waals surface area contributed by atoms with E-state index in [2.05, 4.69) is 26.0 Å². The van der Waals surface area contributed by atoms with E-state index in [-0.39, 0.29) is 5.41 Å². The molecular weight excluding hydrogens is 124 g/mol. The van der Waals surface area contributed by atoms with Gasteiger partial charge in [-0.2, -0.15) is 0 Å². The summed E-state index contributed by atoms with van der Waals surface area (Å²) in [6.45, 7) is 6.31. The summed E-state index contributed by atoms with van der Waals surface area (Å²) in [6.07, 6.45) is 6.13. The number of hydrogen-bond donors (Lipinski definition) is 1. The lowest BCUT2D eigenvalue weighted by atomic mass is 9.91. The Labute approximate surface area is 62.0 Å². The summed E-state index contributed by atoms with van der Waals surface area (Å²) >= 11 is 0. The number of rotatable bonds is 0. The number of hydrazine groups is 1. The fourth-order valence-corrected chi connectivity index (χ4v) is 1.05. The maximum absolute atomic E-state index is 5.58. The van der Waals surface area contributed by atoms with Gasteiger partial charge in [-0.25, -0.2) is 5.84 Å². The summed E-state index contributed by atoms with van der Waals surface area (Å²) in [5, 5.41) is 1.63. The summed E-state index contributed by atoms with van der Waals surface area (Å²) in [4.78, 5) is 0. The molecule has 0 unspecified atom stereocenters. The fourth-order valence-electron chi connectivity index (χ4n) is 1.05. The lowest BCUT2D eigenvalue weighted by molar-refractivity contribution is 0.443. The zero-order chi connectivity index (χ0) is 7.78. The third-order valence-corrected chi connectivity index (χ3v) is 1.65. The average molecular weight is 138 g/mol. The summed E-state index contributed by atoms with van der Waals surface area (Å²) in [5.74, 6) is 5.58. The van der Waals surface area contributed by atoms with Crippen molar-refractivity contribution >= 4 is 0 Å². The van der Waals surface area contributed by atoms with Crippen LogP contribution in [0, 0.1) is 5.41 Å². The highest BCUT2D eigenvalue weighted by Gasteiger charge is 2.15. The van der Waals surface area contributed by atoms with Gasteiger partial charge in [0, 0.05) is 17.3 Å². The van der Waals surface area contributed by atoms with Gasteiger partial charge in [-0.15, -0.1) is 0 Å². The van der Waals surface area contributed by atoms with E-state index in [1.807, 2.05) is 13.1 Å². The van der Waals surface area contributed by atoms with Crippen LogP contribution in [-0.2, 0) is 0 Å². The SMILES string of the molecule is CC1=CC(C)(C)C=CN1N. The molecule has 2 N–H and O–H groups in total. The molecule has 2 heteroatoms.